The molecular formula is C4H16B10O2. The maximum Gasteiger partial charge on any atom is 0.110 e. The first-order valence-corrected chi connectivity index (χ1v) is 6.80. The maximum atomic E-state index is 9.33. The number of hydrogen-bond donors (Lipinski definition) is 2. The van der Waals surface area contributed by atoms with Crippen LogP contribution in [0, 0.1) is 0 Å². The van der Waals surface area contributed by atoms with E-state index in [1.165, 1.54) is 56.5 Å². The Balaban J connectivity index is 2.54. The van der Waals surface area contributed by atoms with E-state index in [0.29, 0.717) is 0 Å². The van der Waals surface area contributed by atoms with E-state index in [1.54, 1.807) is 0 Å². The molecule has 0 spiro atoms. The fraction of sp³-hybridized carbons (Fsp3) is 0.500. The molecule has 0 bridgehead atoms. The lowest BCUT2D eigenvalue weighted by Crippen LogP contribution is -2.35. The molecule has 1 heterocycles. The third-order valence-corrected chi connectivity index (χ3v) is 3.59. The van der Waals surface area contributed by atoms with Crippen LogP contribution in [-0.2, 0) is 0 Å². The van der Waals surface area contributed by atoms with E-state index in [0.717, 1.165) is 25.3 Å². The maximum absolute atomic E-state index is 9.33. The standard InChI is InChI=1S/C4H16B10O2/c15-1-3-4(2-16)6-8-10-12-14-13-11-9-7-5-3/h5-16H,1-2H2. The molecule has 0 saturated carbocycles. The summed E-state index contributed by atoms with van der Waals surface area (Å²) in [5.74, 6) is 0. The zero-order valence-electron chi connectivity index (χ0n) is 10.4. The van der Waals surface area contributed by atoms with Crippen molar-refractivity contribution >= 4 is 70.8 Å². The van der Waals surface area contributed by atoms with E-state index in [9.17, 15) is 10.2 Å². The summed E-state index contributed by atoms with van der Waals surface area (Å²) in [6.07, 6.45) is 0. The molecule has 1 rings (SSSR count). The molecule has 0 aromatic carbocycles. The molecule has 0 fully saturated rings. The van der Waals surface area contributed by atoms with Gasteiger partial charge in [0.15, 0.2) is 0 Å². The van der Waals surface area contributed by atoms with Crippen LogP contribution in [0.3, 0.4) is 0 Å². The Kier molecular flexibility index (Phi) is 8.40. The highest BCUT2D eigenvalue weighted by Crippen LogP contribution is 1.99. The van der Waals surface area contributed by atoms with E-state index in [2.05, 4.69) is 0 Å². The molecule has 0 amide bonds. The molecule has 0 aromatic heterocycles. The fourth-order valence-corrected chi connectivity index (χ4v) is 2.47. The summed E-state index contributed by atoms with van der Waals surface area (Å²) in [4.78, 5) is 0. The van der Waals surface area contributed by atoms with Crippen LogP contribution in [0.25, 0.3) is 0 Å². The lowest BCUT2D eigenvalue weighted by atomic mass is 8.87. The minimum absolute atomic E-state index is 0.135. The highest BCUT2D eigenvalue weighted by atomic mass is 16.3. The number of hydrogen-bond acceptors (Lipinski definition) is 2. The lowest BCUT2D eigenvalue weighted by Gasteiger charge is -2.10. The SMILES string of the molecule is OCC1=C(CO)BBBBBBBBBB1. The number of aliphatic hydroxyl groups excluding tert-OH is 2. The first-order valence-electron chi connectivity index (χ1n) is 6.80. The average molecular weight is 204 g/mol. The summed E-state index contributed by atoms with van der Waals surface area (Å²) < 4.78 is 0. The second-order valence-electron chi connectivity index (χ2n) is 4.85. The highest BCUT2D eigenvalue weighted by Gasteiger charge is 2.11. The van der Waals surface area contributed by atoms with Gasteiger partial charge >= 0.3 is 0 Å². The Morgan fingerprint density at radius 1 is 0.562 bits per heavy atom. The molecule has 0 aliphatic carbocycles. The van der Waals surface area contributed by atoms with Gasteiger partial charge < -0.3 is 10.2 Å². The van der Waals surface area contributed by atoms with Gasteiger partial charge in [0.05, 0.1) is 27.3 Å². The van der Waals surface area contributed by atoms with Crippen LogP contribution in [0.2, 0.25) is 0 Å². The molecule has 2 nitrogen and oxygen atoms in total. The second kappa shape index (κ2) is 9.35. The zero-order valence-corrected chi connectivity index (χ0v) is 10.4. The molecule has 0 radical (unpaired) electrons. The Bertz CT molecular complexity index is 199. The normalized spacial score (nSPS) is 16.4. The van der Waals surface area contributed by atoms with Crippen molar-refractivity contribution in [3.05, 3.63) is 10.9 Å². The average Bonchev–Trinajstić information content (AvgIpc) is 2.30. The summed E-state index contributed by atoms with van der Waals surface area (Å²) in [5.41, 5.74) is 2.20. The van der Waals surface area contributed by atoms with Crippen molar-refractivity contribution in [2.45, 2.75) is 0 Å². The first-order chi connectivity index (χ1) is 7.88. The predicted molar refractivity (Wildman–Crippen MR) is 92.7 cm³/mol. The molecular weight excluding hydrogens is 188 g/mol. The van der Waals surface area contributed by atoms with Crippen LogP contribution in [0.15, 0.2) is 10.9 Å². The van der Waals surface area contributed by atoms with Crippen LogP contribution >= 0.6 is 0 Å². The van der Waals surface area contributed by atoms with Crippen LogP contribution < -0.4 is 0 Å². The van der Waals surface area contributed by atoms with Crippen molar-refractivity contribution < 1.29 is 10.2 Å². The number of aliphatic hydroxyl groups is 2. The summed E-state index contributed by atoms with van der Waals surface area (Å²) in [6, 6.07) is 0. The largest absolute Gasteiger partial charge is 0.393 e. The van der Waals surface area contributed by atoms with Gasteiger partial charge in [-0.05, 0) is 0 Å². The Morgan fingerprint density at radius 3 is 1.19 bits per heavy atom. The van der Waals surface area contributed by atoms with Gasteiger partial charge in [-0.25, -0.2) is 0 Å². The fourth-order valence-electron chi connectivity index (χ4n) is 2.47. The Labute approximate surface area is 105 Å². The van der Waals surface area contributed by atoms with Gasteiger partial charge in [-0.15, -0.1) is 0 Å². The minimum Gasteiger partial charge on any atom is -0.393 e. The third-order valence-electron chi connectivity index (χ3n) is 3.59. The zero-order chi connectivity index (χ0) is 11.6. The smallest absolute Gasteiger partial charge is 0.110 e. The van der Waals surface area contributed by atoms with Gasteiger partial charge in [0, 0.05) is 42.4 Å². The van der Waals surface area contributed by atoms with Crippen LogP contribution in [0.1, 0.15) is 0 Å². The van der Waals surface area contributed by atoms with Crippen molar-refractivity contribution in [1.82, 2.24) is 0 Å². The van der Waals surface area contributed by atoms with Crippen molar-refractivity contribution in [2.75, 3.05) is 13.2 Å². The summed E-state index contributed by atoms with van der Waals surface area (Å²) in [6.45, 7) is 0.270. The van der Waals surface area contributed by atoms with E-state index in [1.807, 2.05) is 0 Å². The van der Waals surface area contributed by atoms with E-state index in [-0.39, 0.29) is 13.2 Å². The quantitative estimate of drug-likeness (QED) is 0.439. The predicted octanol–water partition coefficient (Wildman–Crippen LogP) is -7.20. The molecule has 16 heavy (non-hydrogen) atoms. The summed E-state index contributed by atoms with van der Waals surface area (Å²) >= 11 is 0. The van der Waals surface area contributed by atoms with Gasteiger partial charge in [0.1, 0.15) is 14.3 Å². The third kappa shape index (κ3) is 5.58. The molecule has 12 heteroatoms. The molecule has 0 unspecified atom stereocenters. The Hall–Kier alpha value is 0.309. The van der Waals surface area contributed by atoms with Crippen LogP contribution in [0.5, 0.6) is 0 Å². The number of rotatable bonds is 2. The van der Waals surface area contributed by atoms with Crippen LogP contribution in [-0.4, -0.2) is 94.3 Å². The van der Waals surface area contributed by atoms with Crippen molar-refractivity contribution in [3.63, 3.8) is 0 Å². The second-order valence-corrected chi connectivity index (χ2v) is 4.85. The molecule has 0 atom stereocenters. The summed E-state index contributed by atoms with van der Waals surface area (Å²) in [7, 11) is 12.2. The van der Waals surface area contributed by atoms with Gasteiger partial charge in [-0.1, -0.05) is 10.9 Å². The lowest BCUT2D eigenvalue weighted by molar-refractivity contribution is 0.322. The first kappa shape index (κ1) is 14.4. The molecule has 2 N–H and O–H groups in total. The molecule has 0 saturated heterocycles. The topological polar surface area (TPSA) is 40.5 Å². The van der Waals surface area contributed by atoms with Crippen LogP contribution in [0.4, 0.5) is 0 Å². The van der Waals surface area contributed by atoms with E-state index in [4.69, 9.17) is 0 Å². The minimum atomic E-state index is 0.135. The molecule has 74 valence electrons. The molecule has 0 aromatic rings. The van der Waals surface area contributed by atoms with Gasteiger partial charge in [0.2, 0.25) is 0 Å². The monoisotopic (exact) mass is 206 g/mol. The molecule has 1 aliphatic heterocycles. The van der Waals surface area contributed by atoms with E-state index >= 15 is 0 Å². The Morgan fingerprint density at radius 2 is 0.875 bits per heavy atom. The molecule has 1 aliphatic rings. The van der Waals surface area contributed by atoms with Gasteiger partial charge in [-0.2, -0.15) is 0 Å². The van der Waals surface area contributed by atoms with Gasteiger partial charge in [-0.3, -0.25) is 0 Å². The van der Waals surface area contributed by atoms with Crippen molar-refractivity contribution in [3.8, 4) is 0 Å². The summed E-state index contributed by atoms with van der Waals surface area (Å²) in [5, 5.41) is 18.7. The highest BCUT2D eigenvalue weighted by molar-refractivity contribution is 7.69. The van der Waals surface area contributed by atoms with Gasteiger partial charge in [0.25, 0.3) is 0 Å². The van der Waals surface area contributed by atoms with Crippen molar-refractivity contribution in [2.24, 2.45) is 0 Å². The van der Waals surface area contributed by atoms with Crippen molar-refractivity contribution in [1.29, 1.82) is 0 Å². The van der Waals surface area contributed by atoms with E-state index < -0.39 is 0 Å².